The second-order valence-electron chi connectivity index (χ2n) is 7.66. The summed E-state index contributed by atoms with van der Waals surface area (Å²) in [5.41, 5.74) is -0.185. The number of aliphatic hydroxyl groups excluding tert-OH is 1. The lowest BCUT2D eigenvalue weighted by atomic mass is 10.1. The number of nitrogens with one attached hydrogen (secondary N) is 1. The Bertz CT molecular complexity index is 1230. The van der Waals surface area contributed by atoms with Gasteiger partial charge >= 0.3 is 6.18 Å². The van der Waals surface area contributed by atoms with Crippen LogP contribution in [0.1, 0.15) is 46.4 Å². The highest BCUT2D eigenvalue weighted by Crippen LogP contribution is 2.38. The average Bonchev–Trinajstić information content (AvgIpc) is 3.16. The number of rotatable bonds is 4. The van der Waals surface area contributed by atoms with Gasteiger partial charge in [-0.15, -0.1) is 0 Å². The first-order chi connectivity index (χ1) is 15.5. The summed E-state index contributed by atoms with van der Waals surface area (Å²) in [4.78, 5) is 18.3. The summed E-state index contributed by atoms with van der Waals surface area (Å²) < 4.78 is 54.4. The third-order valence-electron chi connectivity index (χ3n) is 5.46. The van der Waals surface area contributed by atoms with Crippen molar-refractivity contribution >= 4 is 28.9 Å². The van der Waals surface area contributed by atoms with Crippen molar-refractivity contribution in [2.24, 2.45) is 0 Å². The number of anilines is 2. The average molecular weight is 484 g/mol. The van der Waals surface area contributed by atoms with Crippen molar-refractivity contribution in [2.45, 2.75) is 32.3 Å². The smallest absolute Gasteiger partial charge is 0.369 e. The second-order valence-corrected chi connectivity index (χ2v) is 8.07. The Balaban J connectivity index is 1.66. The van der Waals surface area contributed by atoms with Crippen LogP contribution in [-0.4, -0.2) is 32.3 Å². The molecule has 0 spiro atoms. The first-order valence-electron chi connectivity index (χ1n) is 9.79. The van der Waals surface area contributed by atoms with Crippen LogP contribution in [0, 0.1) is 12.7 Å². The van der Waals surface area contributed by atoms with Gasteiger partial charge in [0.1, 0.15) is 11.5 Å². The Morgan fingerprint density at radius 1 is 1.27 bits per heavy atom. The van der Waals surface area contributed by atoms with Crippen LogP contribution in [0.3, 0.4) is 0 Å². The van der Waals surface area contributed by atoms with Gasteiger partial charge in [0.05, 0.1) is 34.7 Å². The summed E-state index contributed by atoms with van der Waals surface area (Å²) in [6.07, 6.45) is -2.34. The number of aliphatic hydroxyl groups is 1. The maximum atomic E-state index is 13.8. The molecule has 1 unspecified atom stereocenters. The highest BCUT2D eigenvalue weighted by molar-refractivity contribution is 6.31. The Morgan fingerprint density at radius 2 is 2.00 bits per heavy atom. The summed E-state index contributed by atoms with van der Waals surface area (Å²) >= 11 is 5.83. The first kappa shape index (κ1) is 23.0. The van der Waals surface area contributed by atoms with Gasteiger partial charge in [-0.2, -0.15) is 18.3 Å². The summed E-state index contributed by atoms with van der Waals surface area (Å²) in [6.45, 7) is 3.40. The molecule has 0 bridgehead atoms. The maximum absolute atomic E-state index is 13.8. The van der Waals surface area contributed by atoms with Gasteiger partial charge in [0, 0.05) is 24.0 Å². The highest BCUT2D eigenvalue weighted by atomic mass is 35.5. The molecule has 0 aliphatic carbocycles. The molecule has 174 valence electrons. The number of alkyl halides is 3. The Kier molecular flexibility index (Phi) is 5.79. The predicted molar refractivity (Wildman–Crippen MR) is 113 cm³/mol. The van der Waals surface area contributed by atoms with Crippen LogP contribution in [0.5, 0.6) is 0 Å². The number of hydrogen-bond acceptors (Lipinski definition) is 5. The van der Waals surface area contributed by atoms with Crippen molar-refractivity contribution in [3.8, 4) is 0 Å². The Hall–Kier alpha value is -3.18. The SMILES string of the molecule is Cc1c(F)cncc1C(O)Nc1cnn2c1C(=O)N(c1ccc(C(F)(F)F)c(Cl)c1)C[C@@H]2C. The van der Waals surface area contributed by atoms with E-state index in [1.807, 2.05) is 0 Å². The van der Waals surface area contributed by atoms with E-state index in [4.69, 9.17) is 11.6 Å². The molecule has 0 saturated heterocycles. The van der Waals surface area contributed by atoms with E-state index >= 15 is 0 Å². The lowest BCUT2D eigenvalue weighted by Gasteiger charge is -2.33. The summed E-state index contributed by atoms with van der Waals surface area (Å²) in [5, 5.41) is 17.0. The maximum Gasteiger partial charge on any atom is 0.417 e. The lowest BCUT2D eigenvalue weighted by Crippen LogP contribution is -2.43. The molecule has 2 atom stereocenters. The number of nitrogens with zero attached hydrogens (tertiary/aromatic N) is 4. The molecule has 0 fully saturated rings. The van der Waals surface area contributed by atoms with Crippen molar-refractivity contribution in [1.82, 2.24) is 14.8 Å². The van der Waals surface area contributed by atoms with E-state index in [9.17, 15) is 27.5 Å². The normalized spacial score (nSPS) is 17.2. The third-order valence-corrected chi connectivity index (χ3v) is 5.77. The number of pyridine rings is 1. The molecule has 1 aromatic carbocycles. The molecular formula is C21H18ClF4N5O2. The Morgan fingerprint density at radius 3 is 2.67 bits per heavy atom. The molecule has 7 nitrogen and oxygen atoms in total. The number of aromatic nitrogens is 3. The number of halogens is 5. The molecule has 2 aromatic heterocycles. The van der Waals surface area contributed by atoms with Crippen molar-refractivity contribution < 1.29 is 27.5 Å². The number of carbonyl (C=O) groups excluding carboxylic acids is 1. The van der Waals surface area contributed by atoms with Crippen LogP contribution < -0.4 is 10.2 Å². The van der Waals surface area contributed by atoms with Gasteiger partial charge in [-0.05, 0) is 37.6 Å². The number of amides is 1. The van der Waals surface area contributed by atoms with Gasteiger partial charge in [-0.25, -0.2) is 4.39 Å². The van der Waals surface area contributed by atoms with Crippen LogP contribution in [0.15, 0.2) is 36.8 Å². The predicted octanol–water partition coefficient (Wildman–Crippen LogP) is 4.72. The zero-order valence-electron chi connectivity index (χ0n) is 17.4. The van der Waals surface area contributed by atoms with E-state index in [0.29, 0.717) is 0 Å². The van der Waals surface area contributed by atoms with Crippen LogP contribution in [0.4, 0.5) is 28.9 Å². The van der Waals surface area contributed by atoms with E-state index in [1.165, 1.54) is 35.0 Å². The van der Waals surface area contributed by atoms with Gasteiger partial charge in [0.2, 0.25) is 0 Å². The number of hydrogen-bond donors (Lipinski definition) is 2. The molecule has 33 heavy (non-hydrogen) atoms. The Labute approximate surface area is 190 Å². The van der Waals surface area contributed by atoms with Gasteiger partial charge in [-0.1, -0.05) is 11.6 Å². The minimum atomic E-state index is -4.62. The van der Waals surface area contributed by atoms with Crippen LogP contribution in [-0.2, 0) is 6.18 Å². The molecule has 2 N–H and O–H groups in total. The summed E-state index contributed by atoms with van der Waals surface area (Å²) in [7, 11) is 0. The molecular weight excluding hydrogens is 466 g/mol. The van der Waals surface area contributed by atoms with E-state index in [1.54, 1.807) is 6.92 Å². The van der Waals surface area contributed by atoms with Crippen molar-refractivity contribution in [1.29, 1.82) is 0 Å². The van der Waals surface area contributed by atoms with Crippen LogP contribution in [0.25, 0.3) is 0 Å². The zero-order valence-corrected chi connectivity index (χ0v) is 18.1. The molecule has 1 aliphatic heterocycles. The topological polar surface area (TPSA) is 83.3 Å². The van der Waals surface area contributed by atoms with Crippen molar-refractivity contribution in [3.05, 3.63) is 70.0 Å². The molecule has 1 amide bonds. The summed E-state index contributed by atoms with van der Waals surface area (Å²) in [5.74, 6) is -1.15. The van der Waals surface area contributed by atoms with Crippen molar-refractivity contribution in [3.63, 3.8) is 0 Å². The molecule has 3 heterocycles. The van der Waals surface area contributed by atoms with Gasteiger partial charge < -0.3 is 15.3 Å². The molecule has 1 aliphatic rings. The highest BCUT2D eigenvalue weighted by Gasteiger charge is 2.36. The van der Waals surface area contributed by atoms with Crippen molar-refractivity contribution in [2.75, 3.05) is 16.8 Å². The minimum absolute atomic E-state index is 0.0887. The van der Waals surface area contributed by atoms with Crippen LogP contribution >= 0.6 is 11.6 Å². The summed E-state index contributed by atoms with van der Waals surface area (Å²) in [6, 6.07) is 2.76. The van der Waals surface area contributed by atoms with Crippen LogP contribution in [0.2, 0.25) is 5.02 Å². The minimum Gasteiger partial charge on any atom is -0.369 e. The monoisotopic (exact) mass is 483 g/mol. The number of fused-ring (bicyclic) bond motifs is 1. The number of carbonyl (C=O) groups is 1. The van der Waals surface area contributed by atoms with Gasteiger partial charge in [-0.3, -0.25) is 14.5 Å². The molecule has 12 heteroatoms. The van der Waals surface area contributed by atoms with E-state index in [0.717, 1.165) is 18.3 Å². The van der Waals surface area contributed by atoms with Gasteiger partial charge in [0.25, 0.3) is 5.91 Å². The van der Waals surface area contributed by atoms with Gasteiger partial charge in [0.15, 0.2) is 6.23 Å². The standard InChI is InChI=1S/C21H18ClF4N5O2/c1-10-9-30(12-3-4-14(15(22)5-12)21(24,25)26)20(33)18-17(8-28-31(10)18)29-19(32)13-6-27-7-16(23)11(13)2/h3-8,10,19,29,32H,9H2,1-2H3/t10-,19?/m0/s1. The largest absolute Gasteiger partial charge is 0.417 e. The van der Waals surface area contributed by atoms with E-state index < -0.39 is 34.7 Å². The third kappa shape index (κ3) is 4.13. The fourth-order valence-corrected chi connectivity index (χ4v) is 3.99. The molecule has 3 aromatic rings. The van der Waals surface area contributed by atoms with E-state index in [-0.39, 0.29) is 40.8 Å². The quantitative estimate of drug-likeness (QED) is 0.414. The molecule has 4 rings (SSSR count). The van der Waals surface area contributed by atoms with E-state index in [2.05, 4.69) is 15.4 Å². The fraction of sp³-hybridized carbons (Fsp3) is 0.286. The zero-order chi connectivity index (χ0) is 24.1. The second kappa shape index (κ2) is 8.31. The first-order valence-corrected chi connectivity index (χ1v) is 10.2. The molecule has 0 radical (unpaired) electrons. The molecule has 0 saturated carbocycles. The lowest BCUT2D eigenvalue weighted by molar-refractivity contribution is -0.137. The number of benzene rings is 1. The fourth-order valence-electron chi connectivity index (χ4n) is 3.71.